The van der Waals surface area contributed by atoms with E-state index in [0.29, 0.717) is 22.7 Å². The Bertz CT molecular complexity index is 1430. The summed E-state index contributed by atoms with van der Waals surface area (Å²) in [6.07, 6.45) is -0.715. The predicted octanol–water partition coefficient (Wildman–Crippen LogP) is 4.04. The molecule has 12 heteroatoms. The smallest absolute Gasteiger partial charge is 0.338 e. The van der Waals surface area contributed by atoms with Crippen LogP contribution in [0.2, 0.25) is 0 Å². The van der Waals surface area contributed by atoms with Crippen molar-refractivity contribution in [1.82, 2.24) is 5.32 Å². The SMILES string of the molecule is COC(=O)c1ccc(OC(C)NCC(=O)Cc2ccc(N(C(N)=O)c3ccccc3C)c(OC)c2)c([N+](=O)[O-])c1. The van der Waals surface area contributed by atoms with Crippen LogP contribution in [0.15, 0.2) is 60.7 Å². The molecular formula is C28H30N4O8. The zero-order valence-corrected chi connectivity index (χ0v) is 22.5. The number of benzene rings is 3. The van der Waals surface area contributed by atoms with Gasteiger partial charge in [-0.25, -0.2) is 9.59 Å². The Hall–Kier alpha value is -4.97. The molecule has 0 heterocycles. The fourth-order valence-electron chi connectivity index (χ4n) is 3.98. The van der Waals surface area contributed by atoms with E-state index in [4.69, 9.17) is 15.2 Å². The summed E-state index contributed by atoms with van der Waals surface area (Å²) in [5, 5.41) is 14.3. The second kappa shape index (κ2) is 13.2. The molecule has 0 saturated heterocycles. The fraction of sp³-hybridized carbons (Fsp3) is 0.250. The lowest BCUT2D eigenvalue weighted by molar-refractivity contribution is -0.386. The minimum Gasteiger partial charge on any atom is -0.495 e. The summed E-state index contributed by atoms with van der Waals surface area (Å²) >= 11 is 0. The summed E-state index contributed by atoms with van der Waals surface area (Å²) in [7, 11) is 2.63. The molecule has 40 heavy (non-hydrogen) atoms. The monoisotopic (exact) mass is 550 g/mol. The largest absolute Gasteiger partial charge is 0.495 e. The normalized spacial score (nSPS) is 11.3. The highest BCUT2D eigenvalue weighted by molar-refractivity contribution is 6.00. The van der Waals surface area contributed by atoms with Crippen LogP contribution in [0.3, 0.4) is 0 Å². The molecule has 0 fully saturated rings. The lowest BCUT2D eigenvalue weighted by Gasteiger charge is -2.24. The number of para-hydroxylation sites is 1. The molecule has 3 aromatic carbocycles. The average molecular weight is 551 g/mol. The molecule has 12 nitrogen and oxygen atoms in total. The molecule has 0 aliphatic heterocycles. The van der Waals surface area contributed by atoms with Crippen LogP contribution in [-0.4, -0.2) is 49.7 Å². The van der Waals surface area contributed by atoms with E-state index in [-0.39, 0.29) is 30.1 Å². The third kappa shape index (κ3) is 7.11. The van der Waals surface area contributed by atoms with Crippen molar-refractivity contribution in [2.24, 2.45) is 5.73 Å². The highest BCUT2D eigenvalue weighted by Crippen LogP contribution is 2.36. The number of esters is 1. The number of methoxy groups -OCH3 is 2. The molecule has 0 bridgehead atoms. The van der Waals surface area contributed by atoms with Crippen LogP contribution in [-0.2, 0) is 16.0 Å². The Labute approximate surface area is 230 Å². The van der Waals surface area contributed by atoms with Crippen molar-refractivity contribution in [3.63, 3.8) is 0 Å². The lowest BCUT2D eigenvalue weighted by atomic mass is 10.1. The van der Waals surface area contributed by atoms with E-state index < -0.39 is 28.8 Å². The number of hydrogen-bond acceptors (Lipinski definition) is 9. The highest BCUT2D eigenvalue weighted by atomic mass is 16.6. The van der Waals surface area contributed by atoms with Gasteiger partial charge in [-0.3, -0.25) is 25.1 Å². The molecule has 0 saturated carbocycles. The summed E-state index contributed by atoms with van der Waals surface area (Å²) in [4.78, 5) is 48.8. The van der Waals surface area contributed by atoms with Crippen molar-refractivity contribution in [1.29, 1.82) is 0 Å². The summed E-state index contributed by atoms with van der Waals surface area (Å²) in [6, 6.07) is 15.3. The number of nitrogens with one attached hydrogen (secondary N) is 1. The standard InChI is InChI=1S/C28H30N4O8/c1-17-7-5-6-8-22(17)31(28(29)35)23-11-9-19(14-26(23)38-3)13-21(33)16-30-18(2)40-25-12-10-20(27(34)39-4)15-24(25)32(36)37/h5-12,14-15,18,30H,13,16H2,1-4H3,(H2,29,35). The van der Waals surface area contributed by atoms with Gasteiger partial charge in [0.15, 0.2) is 11.5 Å². The number of amides is 2. The van der Waals surface area contributed by atoms with E-state index in [9.17, 15) is 24.5 Å². The molecular weight excluding hydrogens is 520 g/mol. The molecule has 3 rings (SSSR count). The first-order valence-corrected chi connectivity index (χ1v) is 12.2. The van der Waals surface area contributed by atoms with Crippen molar-refractivity contribution >= 4 is 34.8 Å². The van der Waals surface area contributed by atoms with Gasteiger partial charge in [0.05, 0.1) is 42.6 Å². The topological polar surface area (TPSA) is 163 Å². The first-order chi connectivity index (χ1) is 19.0. The Balaban J connectivity index is 1.67. The molecule has 210 valence electrons. The second-order valence-corrected chi connectivity index (χ2v) is 8.75. The van der Waals surface area contributed by atoms with Gasteiger partial charge in [0.1, 0.15) is 12.0 Å². The van der Waals surface area contributed by atoms with Crippen LogP contribution < -0.4 is 25.4 Å². The van der Waals surface area contributed by atoms with Crippen LogP contribution in [0.4, 0.5) is 21.9 Å². The number of carbonyl (C=O) groups is 3. The number of ketones is 1. The zero-order valence-electron chi connectivity index (χ0n) is 22.5. The highest BCUT2D eigenvalue weighted by Gasteiger charge is 2.23. The van der Waals surface area contributed by atoms with Crippen molar-refractivity contribution in [3.8, 4) is 11.5 Å². The third-order valence-corrected chi connectivity index (χ3v) is 5.93. The first-order valence-electron chi connectivity index (χ1n) is 12.2. The maximum absolute atomic E-state index is 12.7. The predicted molar refractivity (Wildman–Crippen MR) is 147 cm³/mol. The number of nitrogens with zero attached hydrogens (tertiary/aromatic N) is 2. The Morgan fingerprint density at radius 1 is 1.02 bits per heavy atom. The number of nitrogens with two attached hydrogens (primary N) is 1. The molecule has 2 amide bonds. The fourth-order valence-corrected chi connectivity index (χ4v) is 3.98. The number of rotatable bonds is 12. The Morgan fingerprint density at radius 3 is 2.38 bits per heavy atom. The van der Waals surface area contributed by atoms with E-state index in [1.165, 1.54) is 31.3 Å². The maximum atomic E-state index is 12.7. The van der Waals surface area contributed by atoms with Gasteiger partial charge >= 0.3 is 17.7 Å². The van der Waals surface area contributed by atoms with Gasteiger partial charge in [-0.05, 0) is 55.3 Å². The summed E-state index contributed by atoms with van der Waals surface area (Å²) in [6.45, 7) is 3.36. The average Bonchev–Trinajstić information content (AvgIpc) is 2.93. The molecule has 3 aromatic rings. The van der Waals surface area contributed by atoms with Crippen LogP contribution in [0, 0.1) is 17.0 Å². The number of carbonyl (C=O) groups excluding carboxylic acids is 3. The number of urea groups is 1. The summed E-state index contributed by atoms with van der Waals surface area (Å²) in [5.41, 5.74) is 7.81. The molecule has 0 aliphatic rings. The zero-order chi connectivity index (χ0) is 29.4. The third-order valence-electron chi connectivity index (χ3n) is 5.93. The van der Waals surface area contributed by atoms with Gasteiger partial charge in [-0.15, -0.1) is 0 Å². The molecule has 0 aliphatic carbocycles. The number of nitro benzene ring substituents is 1. The second-order valence-electron chi connectivity index (χ2n) is 8.75. The van der Waals surface area contributed by atoms with Crippen LogP contribution in [0.5, 0.6) is 11.5 Å². The number of Topliss-reactive ketones (excluding diaryl/α,β-unsaturated/α-hetero) is 1. The lowest BCUT2D eigenvalue weighted by Crippen LogP contribution is -2.36. The first kappa shape index (κ1) is 29.6. The van der Waals surface area contributed by atoms with Gasteiger partial charge in [0.2, 0.25) is 0 Å². The molecule has 1 unspecified atom stereocenters. The molecule has 0 spiro atoms. The minimum atomic E-state index is -0.762. The van der Waals surface area contributed by atoms with E-state index >= 15 is 0 Å². The quantitative estimate of drug-likeness (QED) is 0.147. The van der Waals surface area contributed by atoms with Crippen LogP contribution in [0.1, 0.15) is 28.4 Å². The number of primary amides is 1. The van der Waals surface area contributed by atoms with Gasteiger partial charge in [0.25, 0.3) is 0 Å². The van der Waals surface area contributed by atoms with Crippen LogP contribution in [0.25, 0.3) is 0 Å². The van der Waals surface area contributed by atoms with Gasteiger partial charge in [-0.2, -0.15) is 0 Å². The van der Waals surface area contributed by atoms with E-state index in [0.717, 1.165) is 11.6 Å². The van der Waals surface area contributed by atoms with E-state index in [1.807, 2.05) is 19.1 Å². The Morgan fingerprint density at radius 2 is 1.75 bits per heavy atom. The van der Waals surface area contributed by atoms with Gasteiger partial charge in [-0.1, -0.05) is 24.3 Å². The van der Waals surface area contributed by atoms with Crippen molar-refractivity contribution < 1.29 is 33.5 Å². The molecule has 3 N–H and O–H groups in total. The van der Waals surface area contributed by atoms with Gasteiger partial charge in [0, 0.05) is 12.5 Å². The number of nitro groups is 1. The van der Waals surface area contributed by atoms with E-state index in [1.54, 1.807) is 37.3 Å². The summed E-state index contributed by atoms with van der Waals surface area (Å²) in [5.74, 6) is -0.613. The van der Waals surface area contributed by atoms with Crippen molar-refractivity contribution in [2.75, 3.05) is 25.7 Å². The van der Waals surface area contributed by atoms with Gasteiger partial charge < -0.3 is 19.9 Å². The number of hydrogen-bond donors (Lipinski definition) is 2. The molecule has 0 radical (unpaired) electrons. The van der Waals surface area contributed by atoms with Crippen molar-refractivity contribution in [2.45, 2.75) is 26.5 Å². The minimum absolute atomic E-state index is 0.0108. The molecule has 1 atom stereocenters. The van der Waals surface area contributed by atoms with Crippen LogP contribution >= 0.6 is 0 Å². The number of ether oxygens (including phenoxy) is 3. The number of aryl methyl sites for hydroxylation is 1. The maximum Gasteiger partial charge on any atom is 0.338 e. The van der Waals surface area contributed by atoms with Crippen molar-refractivity contribution in [3.05, 3.63) is 87.5 Å². The molecule has 0 aromatic heterocycles. The van der Waals surface area contributed by atoms with E-state index in [2.05, 4.69) is 10.1 Å². The Kier molecular flexibility index (Phi) is 9.76. The number of anilines is 2. The summed E-state index contributed by atoms with van der Waals surface area (Å²) < 4.78 is 15.7.